The van der Waals surface area contributed by atoms with Crippen molar-refractivity contribution >= 4 is 29.5 Å². The Kier molecular flexibility index (Phi) is 6.13. The standard InChI is InChI=1S/C21H21F3N6O4/c22-21(23,24)14-2-3-15(13(10-14)12-31)27-16(32)11-30-17(33)20(28-19(30)34)4-8-29(9-5-20)18-25-6-1-7-26-18/h1-3,6-7,10,31H,4-5,8-9,11-12H2,(H,27,32)(H,28,34). The summed E-state index contributed by atoms with van der Waals surface area (Å²) in [6, 6.07) is 3.47. The molecule has 2 aliphatic heterocycles. The van der Waals surface area contributed by atoms with Gasteiger partial charge in [-0.15, -0.1) is 0 Å². The van der Waals surface area contributed by atoms with E-state index in [1.54, 1.807) is 18.5 Å². The predicted octanol–water partition coefficient (Wildman–Crippen LogP) is 1.52. The van der Waals surface area contributed by atoms with E-state index < -0.39 is 48.3 Å². The number of urea groups is 1. The van der Waals surface area contributed by atoms with Crippen molar-refractivity contribution < 1.29 is 32.7 Å². The summed E-state index contributed by atoms with van der Waals surface area (Å²) < 4.78 is 38.6. The Hall–Kier alpha value is -3.74. The number of hydrogen-bond donors (Lipinski definition) is 3. The monoisotopic (exact) mass is 478 g/mol. The first kappa shape index (κ1) is 23.4. The highest BCUT2D eigenvalue weighted by Gasteiger charge is 2.53. The van der Waals surface area contributed by atoms with Crippen LogP contribution in [-0.2, 0) is 22.4 Å². The minimum atomic E-state index is -4.61. The lowest BCUT2D eigenvalue weighted by Crippen LogP contribution is -2.55. The lowest BCUT2D eigenvalue weighted by atomic mass is 9.87. The number of carbonyl (C=O) groups excluding carboxylic acids is 3. The van der Waals surface area contributed by atoms with Crippen molar-refractivity contribution in [2.24, 2.45) is 0 Å². The Bertz CT molecular complexity index is 1100. The number of nitrogens with zero attached hydrogens (tertiary/aromatic N) is 4. The number of nitrogens with one attached hydrogen (secondary N) is 2. The third-order valence-corrected chi connectivity index (χ3v) is 5.88. The van der Waals surface area contributed by atoms with Crippen LogP contribution in [0.1, 0.15) is 24.0 Å². The summed E-state index contributed by atoms with van der Waals surface area (Å²) in [5.74, 6) is -0.817. The van der Waals surface area contributed by atoms with Crippen LogP contribution in [0.5, 0.6) is 0 Å². The minimum absolute atomic E-state index is 0.0431. The Morgan fingerprint density at radius 1 is 1.18 bits per heavy atom. The van der Waals surface area contributed by atoms with E-state index in [2.05, 4.69) is 20.6 Å². The highest BCUT2D eigenvalue weighted by Crippen LogP contribution is 2.33. The smallest absolute Gasteiger partial charge is 0.392 e. The normalized spacial score (nSPS) is 17.8. The van der Waals surface area contributed by atoms with E-state index in [0.717, 1.165) is 23.1 Å². The highest BCUT2D eigenvalue weighted by molar-refractivity contribution is 6.10. The molecule has 180 valence electrons. The number of imide groups is 1. The molecule has 1 spiro atoms. The Morgan fingerprint density at radius 3 is 2.47 bits per heavy atom. The fraction of sp³-hybridized carbons (Fsp3) is 0.381. The number of halogens is 3. The molecule has 0 saturated carbocycles. The van der Waals surface area contributed by atoms with Gasteiger partial charge in [0.25, 0.3) is 5.91 Å². The summed E-state index contributed by atoms with van der Waals surface area (Å²) >= 11 is 0. The lowest BCUT2D eigenvalue weighted by molar-refractivity contribution is -0.137. The first-order valence-electron chi connectivity index (χ1n) is 10.4. The molecule has 0 atom stereocenters. The van der Waals surface area contributed by atoms with Gasteiger partial charge in [-0.05, 0) is 37.1 Å². The van der Waals surface area contributed by atoms with Gasteiger partial charge in [0.05, 0.1) is 12.2 Å². The van der Waals surface area contributed by atoms with Crippen LogP contribution in [0, 0.1) is 0 Å². The second-order valence-corrected chi connectivity index (χ2v) is 8.02. The SMILES string of the molecule is O=C(CN1C(=O)NC2(CCN(c3ncccn3)CC2)C1=O)Nc1ccc(C(F)(F)F)cc1CO. The van der Waals surface area contributed by atoms with Gasteiger partial charge in [0.1, 0.15) is 12.1 Å². The maximum atomic E-state index is 13.0. The van der Waals surface area contributed by atoms with Gasteiger partial charge in [0.2, 0.25) is 11.9 Å². The molecule has 34 heavy (non-hydrogen) atoms. The second kappa shape index (κ2) is 8.89. The first-order valence-corrected chi connectivity index (χ1v) is 10.4. The molecule has 13 heteroatoms. The van der Waals surface area contributed by atoms with Gasteiger partial charge in [0, 0.05) is 36.7 Å². The molecule has 0 unspecified atom stereocenters. The van der Waals surface area contributed by atoms with Gasteiger partial charge < -0.3 is 20.6 Å². The van der Waals surface area contributed by atoms with E-state index in [4.69, 9.17) is 0 Å². The van der Waals surface area contributed by atoms with Gasteiger partial charge >= 0.3 is 12.2 Å². The largest absolute Gasteiger partial charge is 0.416 e. The number of benzene rings is 1. The van der Waals surface area contributed by atoms with Gasteiger partial charge in [-0.3, -0.25) is 14.5 Å². The Labute approximate surface area is 191 Å². The van der Waals surface area contributed by atoms with Gasteiger partial charge in [-0.2, -0.15) is 13.2 Å². The van der Waals surface area contributed by atoms with E-state index in [-0.39, 0.29) is 11.3 Å². The number of anilines is 2. The van der Waals surface area contributed by atoms with Crippen molar-refractivity contribution in [2.75, 3.05) is 29.9 Å². The summed E-state index contributed by atoms with van der Waals surface area (Å²) in [4.78, 5) is 49.1. The average Bonchev–Trinajstić information content (AvgIpc) is 3.03. The number of amides is 4. The molecule has 3 heterocycles. The maximum Gasteiger partial charge on any atom is 0.416 e. The van der Waals surface area contributed by atoms with Crippen molar-refractivity contribution in [1.29, 1.82) is 0 Å². The number of alkyl halides is 3. The zero-order valence-corrected chi connectivity index (χ0v) is 17.8. The average molecular weight is 478 g/mol. The van der Waals surface area contributed by atoms with Crippen LogP contribution in [0.25, 0.3) is 0 Å². The molecule has 10 nitrogen and oxygen atoms in total. The van der Waals surface area contributed by atoms with Crippen LogP contribution in [-0.4, -0.2) is 63.0 Å². The van der Waals surface area contributed by atoms with Crippen molar-refractivity contribution in [3.63, 3.8) is 0 Å². The zero-order chi connectivity index (χ0) is 24.5. The van der Waals surface area contributed by atoms with Crippen LogP contribution in [0.4, 0.5) is 29.6 Å². The number of hydrogen-bond acceptors (Lipinski definition) is 7. The summed E-state index contributed by atoms with van der Waals surface area (Å²) in [6.45, 7) is -0.528. The number of aliphatic hydroxyl groups excluding tert-OH is 1. The van der Waals surface area contributed by atoms with E-state index in [0.29, 0.717) is 31.9 Å². The van der Waals surface area contributed by atoms with Crippen molar-refractivity contribution in [2.45, 2.75) is 31.2 Å². The second-order valence-electron chi connectivity index (χ2n) is 8.02. The fourth-order valence-electron chi connectivity index (χ4n) is 4.06. The van der Waals surface area contributed by atoms with Crippen molar-refractivity contribution in [1.82, 2.24) is 20.2 Å². The van der Waals surface area contributed by atoms with Crippen LogP contribution in [0.15, 0.2) is 36.7 Å². The summed E-state index contributed by atoms with van der Waals surface area (Å²) in [6.07, 6.45) is -0.811. The zero-order valence-electron chi connectivity index (χ0n) is 17.8. The van der Waals surface area contributed by atoms with Crippen LogP contribution < -0.4 is 15.5 Å². The molecule has 4 amide bonds. The van der Waals surface area contributed by atoms with Crippen LogP contribution >= 0.6 is 0 Å². The lowest BCUT2D eigenvalue weighted by Gasteiger charge is -2.37. The third-order valence-electron chi connectivity index (χ3n) is 5.88. The summed E-state index contributed by atoms with van der Waals surface area (Å²) in [7, 11) is 0. The van der Waals surface area contributed by atoms with E-state index in [9.17, 15) is 32.7 Å². The van der Waals surface area contributed by atoms with Gasteiger partial charge in [-0.25, -0.2) is 14.8 Å². The highest BCUT2D eigenvalue weighted by atomic mass is 19.4. The molecule has 4 rings (SSSR count). The quantitative estimate of drug-likeness (QED) is 0.556. The molecule has 0 aliphatic carbocycles. The fourth-order valence-corrected chi connectivity index (χ4v) is 4.06. The van der Waals surface area contributed by atoms with E-state index in [1.165, 1.54) is 0 Å². The van der Waals surface area contributed by atoms with Crippen LogP contribution in [0.3, 0.4) is 0 Å². The molecular weight excluding hydrogens is 457 g/mol. The molecule has 2 saturated heterocycles. The summed E-state index contributed by atoms with van der Waals surface area (Å²) in [5, 5.41) is 14.4. The molecule has 2 aromatic rings. The Morgan fingerprint density at radius 2 is 1.85 bits per heavy atom. The van der Waals surface area contributed by atoms with E-state index >= 15 is 0 Å². The maximum absolute atomic E-state index is 13.0. The first-order chi connectivity index (χ1) is 16.1. The van der Waals surface area contributed by atoms with Crippen LogP contribution in [0.2, 0.25) is 0 Å². The summed E-state index contributed by atoms with van der Waals surface area (Å²) in [5.41, 5.74) is -2.31. The predicted molar refractivity (Wildman–Crippen MR) is 112 cm³/mol. The molecular formula is C21H21F3N6O4. The molecule has 1 aromatic heterocycles. The molecule has 3 N–H and O–H groups in total. The number of rotatable bonds is 5. The van der Waals surface area contributed by atoms with Crippen molar-refractivity contribution in [3.05, 3.63) is 47.8 Å². The number of aliphatic hydroxyl groups is 1. The Balaban J connectivity index is 1.41. The number of piperidine rings is 1. The molecule has 0 radical (unpaired) electrons. The van der Waals surface area contributed by atoms with Gasteiger partial charge in [0.15, 0.2) is 0 Å². The topological polar surface area (TPSA) is 128 Å². The van der Waals surface area contributed by atoms with Gasteiger partial charge in [-0.1, -0.05) is 0 Å². The molecule has 0 bridgehead atoms. The number of aromatic nitrogens is 2. The van der Waals surface area contributed by atoms with Crippen molar-refractivity contribution in [3.8, 4) is 0 Å². The third kappa shape index (κ3) is 4.51. The minimum Gasteiger partial charge on any atom is -0.392 e. The molecule has 2 aliphatic rings. The molecule has 2 fully saturated rings. The van der Waals surface area contributed by atoms with E-state index in [1.807, 2.05) is 4.90 Å². The number of carbonyl (C=O) groups is 3. The molecule has 1 aromatic carbocycles.